The SMILES string of the molecule is Cn1c(=O)n(C2CCC(=O)NC2=O)c2ccc(N3CCC(O)CC3)cc21. The van der Waals surface area contributed by atoms with Crippen LogP contribution in [0.1, 0.15) is 31.7 Å². The van der Waals surface area contributed by atoms with E-state index in [9.17, 15) is 19.5 Å². The van der Waals surface area contributed by atoms with Crippen LogP contribution >= 0.6 is 0 Å². The van der Waals surface area contributed by atoms with E-state index >= 15 is 0 Å². The lowest BCUT2D eigenvalue weighted by Crippen LogP contribution is -2.44. The average Bonchev–Trinajstić information content (AvgIpc) is 2.87. The number of aromatic nitrogens is 2. The van der Waals surface area contributed by atoms with Crippen LogP contribution < -0.4 is 15.9 Å². The Kier molecular flexibility index (Phi) is 4.07. The van der Waals surface area contributed by atoms with Crippen LogP contribution in [0, 0.1) is 0 Å². The van der Waals surface area contributed by atoms with Crippen LogP contribution in [-0.2, 0) is 16.6 Å². The van der Waals surface area contributed by atoms with Crippen molar-refractivity contribution in [3.8, 4) is 0 Å². The van der Waals surface area contributed by atoms with Gasteiger partial charge in [-0.3, -0.25) is 24.0 Å². The monoisotopic (exact) mass is 358 g/mol. The molecule has 138 valence electrons. The number of piperidine rings is 2. The molecule has 2 saturated heterocycles. The van der Waals surface area contributed by atoms with Crippen molar-refractivity contribution in [2.45, 2.75) is 37.8 Å². The van der Waals surface area contributed by atoms with Crippen LogP contribution in [0.5, 0.6) is 0 Å². The predicted molar refractivity (Wildman–Crippen MR) is 96.1 cm³/mol. The highest BCUT2D eigenvalue weighted by Gasteiger charge is 2.31. The first-order valence-electron chi connectivity index (χ1n) is 8.93. The highest BCUT2D eigenvalue weighted by atomic mass is 16.3. The minimum Gasteiger partial charge on any atom is -0.393 e. The summed E-state index contributed by atoms with van der Waals surface area (Å²) in [5, 5.41) is 12.0. The summed E-state index contributed by atoms with van der Waals surface area (Å²) in [5.74, 6) is -0.723. The second-order valence-corrected chi connectivity index (χ2v) is 7.07. The molecule has 2 N–H and O–H groups in total. The predicted octanol–water partition coefficient (Wildman–Crippen LogP) is 0.279. The Morgan fingerprint density at radius 1 is 1.08 bits per heavy atom. The Morgan fingerprint density at radius 3 is 2.50 bits per heavy atom. The quantitative estimate of drug-likeness (QED) is 0.752. The molecule has 4 rings (SSSR count). The fraction of sp³-hybridized carbons (Fsp3) is 0.500. The number of aliphatic hydroxyl groups excluding tert-OH is 1. The van der Waals surface area contributed by atoms with Gasteiger partial charge in [0.2, 0.25) is 11.8 Å². The molecule has 8 nitrogen and oxygen atoms in total. The number of carbonyl (C=O) groups is 2. The third kappa shape index (κ3) is 2.70. The maximum absolute atomic E-state index is 12.8. The molecule has 1 atom stereocenters. The van der Waals surface area contributed by atoms with E-state index in [2.05, 4.69) is 10.2 Å². The van der Waals surface area contributed by atoms with Gasteiger partial charge in [-0.25, -0.2) is 4.79 Å². The van der Waals surface area contributed by atoms with Gasteiger partial charge in [-0.1, -0.05) is 0 Å². The molecule has 2 aliphatic rings. The molecule has 0 radical (unpaired) electrons. The van der Waals surface area contributed by atoms with E-state index in [0.29, 0.717) is 11.9 Å². The first kappa shape index (κ1) is 16.8. The number of carbonyl (C=O) groups excluding carboxylic acids is 2. The largest absolute Gasteiger partial charge is 0.393 e. The van der Waals surface area contributed by atoms with Crippen molar-refractivity contribution in [1.82, 2.24) is 14.5 Å². The Balaban J connectivity index is 1.74. The zero-order valence-corrected chi connectivity index (χ0v) is 14.6. The molecule has 1 aromatic heterocycles. The molecule has 2 amide bonds. The zero-order valence-electron chi connectivity index (χ0n) is 14.6. The van der Waals surface area contributed by atoms with E-state index in [1.54, 1.807) is 11.6 Å². The Hall–Kier alpha value is -2.61. The molecule has 2 aromatic rings. The average molecular weight is 358 g/mol. The van der Waals surface area contributed by atoms with Gasteiger partial charge >= 0.3 is 5.69 Å². The van der Waals surface area contributed by atoms with Crippen molar-refractivity contribution in [2.24, 2.45) is 7.05 Å². The highest BCUT2D eigenvalue weighted by molar-refractivity contribution is 6.00. The third-order valence-corrected chi connectivity index (χ3v) is 5.42. The minimum absolute atomic E-state index is 0.230. The molecule has 1 aromatic carbocycles. The van der Waals surface area contributed by atoms with Crippen LogP contribution in [0.25, 0.3) is 11.0 Å². The van der Waals surface area contributed by atoms with Crippen molar-refractivity contribution in [3.05, 3.63) is 28.7 Å². The molecular weight excluding hydrogens is 336 g/mol. The highest BCUT2D eigenvalue weighted by Crippen LogP contribution is 2.27. The van der Waals surface area contributed by atoms with Gasteiger partial charge in [-0.2, -0.15) is 0 Å². The van der Waals surface area contributed by atoms with Crippen molar-refractivity contribution in [1.29, 1.82) is 0 Å². The molecular formula is C18H22N4O4. The molecule has 8 heteroatoms. The van der Waals surface area contributed by atoms with Crippen molar-refractivity contribution in [3.63, 3.8) is 0 Å². The van der Waals surface area contributed by atoms with Crippen molar-refractivity contribution < 1.29 is 14.7 Å². The number of imidazole rings is 1. The van der Waals surface area contributed by atoms with Crippen LogP contribution in [0.2, 0.25) is 0 Å². The molecule has 1 unspecified atom stereocenters. The molecule has 26 heavy (non-hydrogen) atoms. The van der Waals surface area contributed by atoms with Gasteiger partial charge < -0.3 is 10.0 Å². The maximum Gasteiger partial charge on any atom is 0.329 e. The smallest absolute Gasteiger partial charge is 0.329 e. The summed E-state index contributed by atoms with van der Waals surface area (Å²) in [4.78, 5) is 38.6. The van der Waals surface area contributed by atoms with Crippen molar-refractivity contribution >= 4 is 28.5 Å². The fourth-order valence-corrected chi connectivity index (χ4v) is 3.90. The first-order chi connectivity index (χ1) is 12.5. The number of benzene rings is 1. The van der Waals surface area contributed by atoms with Crippen molar-refractivity contribution in [2.75, 3.05) is 18.0 Å². The second kappa shape index (κ2) is 6.28. The standard InChI is InChI=1S/C18H22N4O4/c1-20-15-10-11(21-8-6-12(23)7-9-21)2-3-13(15)22(18(20)26)14-4-5-16(24)19-17(14)25/h2-3,10,12,14,23H,4-9H2,1H3,(H,19,24,25). The summed E-state index contributed by atoms with van der Waals surface area (Å²) in [6.45, 7) is 1.54. The fourth-order valence-electron chi connectivity index (χ4n) is 3.90. The van der Waals surface area contributed by atoms with Gasteiger partial charge in [-0.15, -0.1) is 0 Å². The minimum atomic E-state index is -0.667. The molecule has 0 saturated carbocycles. The Bertz CT molecular complexity index is 937. The third-order valence-electron chi connectivity index (χ3n) is 5.42. The zero-order chi connectivity index (χ0) is 18.4. The topological polar surface area (TPSA) is 96.6 Å². The van der Waals surface area contributed by atoms with E-state index in [0.717, 1.165) is 37.1 Å². The number of imide groups is 1. The number of fused-ring (bicyclic) bond motifs is 1. The second-order valence-electron chi connectivity index (χ2n) is 7.07. The normalized spacial score (nSPS) is 22.1. The van der Waals surface area contributed by atoms with E-state index < -0.39 is 11.9 Å². The van der Waals surface area contributed by atoms with E-state index in [1.807, 2.05) is 18.2 Å². The maximum atomic E-state index is 12.8. The number of anilines is 1. The first-order valence-corrected chi connectivity index (χ1v) is 8.93. The molecule has 2 aliphatic heterocycles. The molecule has 0 spiro atoms. The summed E-state index contributed by atoms with van der Waals surface area (Å²) in [6.07, 6.45) is 1.78. The summed E-state index contributed by atoms with van der Waals surface area (Å²) in [7, 11) is 1.69. The number of aryl methyl sites for hydroxylation is 1. The Labute approximate surface area is 150 Å². The number of hydrogen-bond donors (Lipinski definition) is 2. The summed E-state index contributed by atoms with van der Waals surface area (Å²) < 4.78 is 3.03. The van der Waals surface area contributed by atoms with Gasteiger partial charge in [0.15, 0.2) is 0 Å². The summed E-state index contributed by atoms with van der Waals surface area (Å²) in [5.41, 5.74) is 2.18. The molecule has 0 aliphatic carbocycles. The van der Waals surface area contributed by atoms with Crippen LogP contribution in [0.15, 0.2) is 23.0 Å². The van der Waals surface area contributed by atoms with Gasteiger partial charge in [0.25, 0.3) is 0 Å². The molecule has 3 heterocycles. The lowest BCUT2D eigenvalue weighted by Gasteiger charge is -2.31. The van der Waals surface area contributed by atoms with E-state index in [1.165, 1.54) is 4.57 Å². The van der Waals surface area contributed by atoms with Crippen LogP contribution in [0.4, 0.5) is 5.69 Å². The summed E-state index contributed by atoms with van der Waals surface area (Å²) >= 11 is 0. The number of hydrogen-bond acceptors (Lipinski definition) is 5. The van der Waals surface area contributed by atoms with Gasteiger partial charge in [-0.05, 0) is 37.5 Å². The molecule has 2 fully saturated rings. The van der Waals surface area contributed by atoms with Crippen LogP contribution in [-0.4, -0.2) is 45.2 Å². The number of rotatable bonds is 2. The molecule has 0 bridgehead atoms. The number of nitrogens with one attached hydrogen (secondary N) is 1. The van der Waals surface area contributed by atoms with E-state index in [-0.39, 0.29) is 24.1 Å². The summed E-state index contributed by atoms with van der Waals surface area (Å²) in [6, 6.07) is 5.10. The van der Waals surface area contributed by atoms with Gasteiger partial charge in [0.1, 0.15) is 6.04 Å². The number of nitrogens with zero attached hydrogens (tertiary/aromatic N) is 3. The lowest BCUT2D eigenvalue weighted by atomic mass is 10.1. The Morgan fingerprint density at radius 2 is 1.81 bits per heavy atom. The number of aliphatic hydroxyl groups is 1. The van der Waals surface area contributed by atoms with Gasteiger partial charge in [0, 0.05) is 32.2 Å². The van der Waals surface area contributed by atoms with E-state index in [4.69, 9.17) is 0 Å². The van der Waals surface area contributed by atoms with Gasteiger partial charge in [0.05, 0.1) is 17.1 Å². The lowest BCUT2D eigenvalue weighted by molar-refractivity contribution is -0.135. The number of amides is 2. The van der Waals surface area contributed by atoms with Crippen LogP contribution in [0.3, 0.4) is 0 Å².